The van der Waals surface area contributed by atoms with E-state index in [0.29, 0.717) is 13.1 Å². The van der Waals surface area contributed by atoms with Crippen LogP contribution in [0.1, 0.15) is 57.1 Å². The Labute approximate surface area is 166 Å². The van der Waals surface area contributed by atoms with E-state index in [1.807, 2.05) is 18.2 Å². The summed E-state index contributed by atoms with van der Waals surface area (Å²) in [7, 11) is 0. The summed E-state index contributed by atoms with van der Waals surface area (Å²) in [6.07, 6.45) is 11.7. The quantitative estimate of drug-likeness (QED) is 0.640. The minimum Gasteiger partial charge on any atom is -0.356 e. The van der Waals surface area contributed by atoms with Crippen molar-refractivity contribution in [3.63, 3.8) is 0 Å². The van der Waals surface area contributed by atoms with Gasteiger partial charge in [-0.15, -0.1) is 0 Å². The van der Waals surface area contributed by atoms with Crippen LogP contribution in [0.4, 0.5) is 5.69 Å². The molecule has 3 rings (SSSR count). The number of unbranched alkanes of at least 4 members (excludes halogenated alkanes) is 4. The van der Waals surface area contributed by atoms with Crippen LogP contribution in [-0.4, -0.2) is 34.5 Å². The number of imidazole rings is 1. The highest BCUT2D eigenvalue weighted by Gasteiger charge is 2.32. The molecule has 28 heavy (non-hydrogen) atoms. The third-order valence-corrected chi connectivity index (χ3v) is 5.30. The minimum atomic E-state index is -0.575. The van der Waals surface area contributed by atoms with Crippen molar-refractivity contribution in [2.75, 3.05) is 18.0 Å². The zero-order chi connectivity index (χ0) is 19.8. The van der Waals surface area contributed by atoms with Gasteiger partial charge in [-0.2, -0.15) is 0 Å². The van der Waals surface area contributed by atoms with Crippen molar-refractivity contribution in [1.29, 1.82) is 0 Å². The van der Waals surface area contributed by atoms with Crippen molar-refractivity contribution in [2.45, 2.75) is 57.9 Å². The molecule has 1 aliphatic rings. The van der Waals surface area contributed by atoms with Gasteiger partial charge in [0.2, 0.25) is 5.91 Å². The molecule has 0 saturated carbocycles. The Morgan fingerprint density at radius 1 is 1.18 bits per heavy atom. The highest BCUT2D eigenvalue weighted by Crippen LogP contribution is 2.30. The molecular weight excluding hydrogens is 352 g/mol. The van der Waals surface area contributed by atoms with Gasteiger partial charge in [-0.25, -0.2) is 4.98 Å². The normalized spacial score (nSPS) is 14.0. The maximum Gasteiger partial charge on any atom is 0.250 e. The summed E-state index contributed by atoms with van der Waals surface area (Å²) in [5.74, 6) is -0.143. The molecule has 1 unspecified atom stereocenters. The van der Waals surface area contributed by atoms with Crippen molar-refractivity contribution in [2.24, 2.45) is 0 Å². The summed E-state index contributed by atoms with van der Waals surface area (Å²) in [6.45, 7) is 3.51. The number of fused-ring (bicyclic) bond motifs is 1. The summed E-state index contributed by atoms with van der Waals surface area (Å²) >= 11 is 0. The van der Waals surface area contributed by atoms with Crippen molar-refractivity contribution in [1.82, 2.24) is 14.9 Å². The van der Waals surface area contributed by atoms with E-state index in [-0.39, 0.29) is 18.2 Å². The number of hydrogen-bond acceptors (Lipinski definition) is 3. The average molecular weight is 383 g/mol. The zero-order valence-electron chi connectivity index (χ0n) is 16.6. The number of aromatic nitrogens is 2. The maximum atomic E-state index is 13.3. The molecule has 0 bridgehead atoms. The molecule has 1 aromatic heterocycles. The molecule has 2 amide bonds. The number of nitrogens with zero attached hydrogens (tertiary/aromatic N) is 3. The van der Waals surface area contributed by atoms with E-state index in [0.717, 1.165) is 24.9 Å². The first-order chi connectivity index (χ1) is 13.7. The Morgan fingerprint density at radius 2 is 2.00 bits per heavy atom. The van der Waals surface area contributed by atoms with Gasteiger partial charge in [-0.3, -0.25) is 9.59 Å². The molecule has 0 spiro atoms. The van der Waals surface area contributed by atoms with Crippen LogP contribution < -0.4 is 10.2 Å². The number of nitrogens with one attached hydrogen (secondary N) is 1. The van der Waals surface area contributed by atoms with Gasteiger partial charge in [0.15, 0.2) is 0 Å². The van der Waals surface area contributed by atoms with E-state index in [2.05, 4.69) is 23.3 Å². The largest absolute Gasteiger partial charge is 0.356 e. The van der Waals surface area contributed by atoms with Gasteiger partial charge in [-0.1, -0.05) is 50.8 Å². The summed E-state index contributed by atoms with van der Waals surface area (Å²) in [4.78, 5) is 31.6. The third kappa shape index (κ3) is 5.00. The molecule has 0 aliphatic carbocycles. The lowest BCUT2D eigenvalue weighted by atomic mass is 10.1. The van der Waals surface area contributed by atoms with Crippen molar-refractivity contribution in [3.05, 3.63) is 48.5 Å². The average Bonchev–Trinajstić information content (AvgIpc) is 3.38. The number of carbonyl (C=O) groups is 2. The molecule has 150 valence electrons. The molecule has 1 aliphatic heterocycles. The molecule has 0 radical (unpaired) electrons. The van der Waals surface area contributed by atoms with E-state index in [9.17, 15) is 9.59 Å². The fourth-order valence-corrected chi connectivity index (χ4v) is 3.73. The minimum absolute atomic E-state index is 0.0546. The Morgan fingerprint density at radius 3 is 2.79 bits per heavy atom. The van der Waals surface area contributed by atoms with Crippen LogP contribution in [0.2, 0.25) is 0 Å². The number of benzene rings is 1. The predicted molar refractivity (Wildman–Crippen MR) is 110 cm³/mol. The van der Waals surface area contributed by atoms with Gasteiger partial charge in [0.05, 0.1) is 12.7 Å². The number of amides is 2. The SMILES string of the molecule is CCCCCCCNC(=O)CC(C(=O)N1CCc2ccccc21)n1ccnc1. The monoisotopic (exact) mass is 382 g/mol. The van der Waals surface area contributed by atoms with Crippen molar-refractivity contribution >= 4 is 17.5 Å². The van der Waals surface area contributed by atoms with E-state index in [1.165, 1.54) is 24.8 Å². The van der Waals surface area contributed by atoms with Crippen LogP contribution in [0.25, 0.3) is 0 Å². The number of rotatable bonds is 10. The van der Waals surface area contributed by atoms with Crippen molar-refractivity contribution < 1.29 is 9.59 Å². The predicted octanol–water partition coefficient (Wildman–Crippen LogP) is 3.49. The van der Waals surface area contributed by atoms with Crippen molar-refractivity contribution in [3.8, 4) is 0 Å². The Balaban J connectivity index is 1.61. The topological polar surface area (TPSA) is 67.2 Å². The summed E-state index contributed by atoms with van der Waals surface area (Å²) < 4.78 is 1.74. The van der Waals surface area contributed by atoms with E-state index >= 15 is 0 Å². The number of hydrogen-bond donors (Lipinski definition) is 1. The summed E-state index contributed by atoms with van der Waals surface area (Å²) in [6, 6.07) is 7.39. The van der Waals surface area contributed by atoms with Crippen LogP contribution >= 0.6 is 0 Å². The second-order valence-corrected chi connectivity index (χ2v) is 7.36. The highest BCUT2D eigenvalue weighted by atomic mass is 16.2. The molecule has 6 nitrogen and oxygen atoms in total. The lowest BCUT2D eigenvalue weighted by Crippen LogP contribution is -2.39. The smallest absolute Gasteiger partial charge is 0.250 e. The Bertz CT molecular complexity index is 773. The number of para-hydroxylation sites is 1. The molecule has 1 N–H and O–H groups in total. The lowest BCUT2D eigenvalue weighted by molar-refractivity contribution is -0.128. The summed E-state index contributed by atoms with van der Waals surface area (Å²) in [5.41, 5.74) is 2.13. The Hall–Kier alpha value is -2.63. The number of anilines is 1. The van der Waals surface area contributed by atoms with E-state index in [1.54, 1.807) is 28.2 Å². The molecule has 6 heteroatoms. The van der Waals surface area contributed by atoms with Crippen LogP contribution in [0.15, 0.2) is 43.0 Å². The second kappa shape index (κ2) is 10.1. The van der Waals surface area contributed by atoms with Gasteiger partial charge in [-0.05, 0) is 24.5 Å². The fraction of sp³-hybridized carbons (Fsp3) is 0.500. The van der Waals surface area contributed by atoms with Crippen LogP contribution in [0.5, 0.6) is 0 Å². The first-order valence-corrected chi connectivity index (χ1v) is 10.3. The first kappa shape index (κ1) is 20.1. The molecular formula is C22H30N4O2. The molecule has 1 aromatic carbocycles. The number of carbonyl (C=O) groups excluding carboxylic acids is 2. The molecule has 2 heterocycles. The van der Waals surface area contributed by atoms with Gasteiger partial charge in [0.25, 0.3) is 5.91 Å². The lowest BCUT2D eigenvalue weighted by Gasteiger charge is -2.24. The molecule has 0 fully saturated rings. The van der Waals surface area contributed by atoms with E-state index < -0.39 is 6.04 Å². The van der Waals surface area contributed by atoms with Gasteiger partial charge in [0.1, 0.15) is 6.04 Å². The zero-order valence-corrected chi connectivity index (χ0v) is 16.6. The van der Waals surface area contributed by atoms with E-state index in [4.69, 9.17) is 0 Å². The highest BCUT2D eigenvalue weighted by molar-refractivity contribution is 6.00. The van der Waals surface area contributed by atoms with Crippen LogP contribution in [0.3, 0.4) is 0 Å². The van der Waals surface area contributed by atoms with Crippen LogP contribution in [0, 0.1) is 0 Å². The molecule has 1 atom stereocenters. The van der Waals surface area contributed by atoms with Gasteiger partial charge >= 0.3 is 0 Å². The summed E-state index contributed by atoms with van der Waals surface area (Å²) in [5, 5.41) is 2.97. The standard InChI is InChI=1S/C22H30N4O2/c1-2-3-4-5-8-12-24-21(27)16-20(25-15-13-23-17-25)22(28)26-14-11-18-9-6-7-10-19(18)26/h6-7,9-10,13,15,17,20H,2-5,8,11-12,14,16H2,1H3,(H,24,27). The molecule has 0 saturated heterocycles. The third-order valence-electron chi connectivity index (χ3n) is 5.30. The van der Waals surface area contributed by atoms with Gasteiger partial charge in [0, 0.05) is 31.2 Å². The van der Waals surface area contributed by atoms with Gasteiger partial charge < -0.3 is 14.8 Å². The molecule has 2 aromatic rings. The first-order valence-electron chi connectivity index (χ1n) is 10.3. The Kier molecular flexibility index (Phi) is 7.23. The van der Waals surface area contributed by atoms with Crippen LogP contribution in [-0.2, 0) is 16.0 Å². The maximum absolute atomic E-state index is 13.3. The second-order valence-electron chi connectivity index (χ2n) is 7.36. The fourth-order valence-electron chi connectivity index (χ4n) is 3.73.